The van der Waals surface area contributed by atoms with Crippen molar-refractivity contribution in [1.29, 1.82) is 5.26 Å². The van der Waals surface area contributed by atoms with E-state index in [9.17, 15) is 9.59 Å². The number of halogens is 1. The van der Waals surface area contributed by atoms with Crippen LogP contribution < -0.4 is 10.6 Å². The molecule has 0 fully saturated rings. The van der Waals surface area contributed by atoms with Crippen LogP contribution in [0, 0.1) is 11.3 Å². The van der Waals surface area contributed by atoms with Gasteiger partial charge in [-0.1, -0.05) is 54.6 Å². The normalized spacial score (nSPS) is 11.5. The van der Waals surface area contributed by atoms with Crippen LogP contribution in [0.3, 0.4) is 0 Å². The third-order valence-electron chi connectivity index (χ3n) is 4.84. The van der Waals surface area contributed by atoms with Gasteiger partial charge in [-0.25, -0.2) is 0 Å². The molecule has 0 heterocycles. The lowest BCUT2D eigenvalue weighted by Gasteiger charge is -2.18. The van der Waals surface area contributed by atoms with Gasteiger partial charge in [0, 0.05) is 24.5 Å². The number of hydrogen-bond acceptors (Lipinski definition) is 3. The Morgan fingerprint density at radius 3 is 2.53 bits per heavy atom. The van der Waals surface area contributed by atoms with Gasteiger partial charge in [0.25, 0.3) is 5.91 Å². The first-order chi connectivity index (χ1) is 14.6. The van der Waals surface area contributed by atoms with Crippen molar-refractivity contribution in [2.45, 2.75) is 18.2 Å². The van der Waals surface area contributed by atoms with Crippen LogP contribution in [-0.4, -0.2) is 24.9 Å². The summed E-state index contributed by atoms with van der Waals surface area (Å²) in [5.41, 5.74) is 2.15. The Morgan fingerprint density at radius 2 is 1.77 bits per heavy atom. The zero-order valence-electron chi connectivity index (χ0n) is 16.4. The lowest BCUT2D eigenvalue weighted by Crippen LogP contribution is -2.37. The van der Waals surface area contributed by atoms with Crippen LogP contribution in [0.15, 0.2) is 66.7 Å². The highest BCUT2D eigenvalue weighted by atomic mass is 35.5. The average Bonchev–Trinajstić information content (AvgIpc) is 2.79. The molecule has 6 heteroatoms. The standard InChI is InChI=1S/C24H22ClN3O2/c25-15-17-5-3-8-21(13-17)23(29)28-16-22(24(30)27-12-4-11-26)20-10-9-18-6-1-2-7-19(18)14-20/h1-3,5-10,13-14,22H,4,12,15-16H2,(H,27,30)(H,28,29). The van der Waals surface area contributed by atoms with Crippen molar-refractivity contribution in [2.24, 2.45) is 0 Å². The molecule has 0 radical (unpaired) electrons. The Bertz CT molecular complexity index is 1090. The van der Waals surface area contributed by atoms with Gasteiger partial charge in [-0.3, -0.25) is 9.59 Å². The quantitative estimate of drug-likeness (QED) is 0.425. The molecule has 2 N–H and O–H groups in total. The maximum Gasteiger partial charge on any atom is 0.251 e. The summed E-state index contributed by atoms with van der Waals surface area (Å²) in [4.78, 5) is 25.4. The summed E-state index contributed by atoms with van der Waals surface area (Å²) in [5.74, 6) is -0.747. The highest BCUT2D eigenvalue weighted by molar-refractivity contribution is 6.17. The zero-order chi connectivity index (χ0) is 21.3. The molecular formula is C24H22ClN3O2. The van der Waals surface area contributed by atoms with Gasteiger partial charge in [0.15, 0.2) is 0 Å². The summed E-state index contributed by atoms with van der Waals surface area (Å²) in [7, 11) is 0. The third kappa shape index (κ3) is 5.37. The van der Waals surface area contributed by atoms with E-state index < -0.39 is 5.92 Å². The first-order valence-corrected chi connectivity index (χ1v) is 10.2. The fraction of sp³-hybridized carbons (Fsp3) is 0.208. The Labute approximate surface area is 180 Å². The first kappa shape index (κ1) is 21.4. The van der Waals surface area contributed by atoms with Crippen LogP contribution in [0.2, 0.25) is 0 Å². The summed E-state index contributed by atoms with van der Waals surface area (Å²) >= 11 is 5.85. The summed E-state index contributed by atoms with van der Waals surface area (Å²) in [6.07, 6.45) is 0.230. The Balaban J connectivity index is 1.80. The highest BCUT2D eigenvalue weighted by Gasteiger charge is 2.22. The Kier molecular flexibility index (Phi) is 7.42. The van der Waals surface area contributed by atoms with Crippen molar-refractivity contribution in [3.05, 3.63) is 83.4 Å². The van der Waals surface area contributed by atoms with E-state index in [0.29, 0.717) is 11.4 Å². The number of hydrogen-bond donors (Lipinski definition) is 2. The lowest BCUT2D eigenvalue weighted by atomic mass is 9.95. The predicted octanol–water partition coefficient (Wildman–Crippen LogP) is 4.12. The maximum absolute atomic E-state index is 12.8. The van der Waals surface area contributed by atoms with Crippen LogP contribution in [0.5, 0.6) is 0 Å². The second kappa shape index (κ2) is 10.4. The van der Waals surface area contributed by atoms with Gasteiger partial charge in [0.1, 0.15) is 0 Å². The van der Waals surface area contributed by atoms with Gasteiger partial charge in [-0.05, 0) is 34.0 Å². The predicted molar refractivity (Wildman–Crippen MR) is 118 cm³/mol. The van der Waals surface area contributed by atoms with E-state index in [2.05, 4.69) is 10.6 Å². The number of rotatable bonds is 8. The molecule has 3 aromatic rings. The molecule has 0 aliphatic carbocycles. The highest BCUT2D eigenvalue weighted by Crippen LogP contribution is 2.22. The van der Waals surface area contributed by atoms with Gasteiger partial charge < -0.3 is 10.6 Å². The van der Waals surface area contributed by atoms with Gasteiger partial charge >= 0.3 is 0 Å². The first-order valence-electron chi connectivity index (χ1n) is 9.69. The number of carbonyl (C=O) groups is 2. The van der Waals surface area contributed by atoms with Crippen molar-refractivity contribution in [2.75, 3.05) is 13.1 Å². The molecule has 2 amide bonds. The van der Waals surface area contributed by atoms with Gasteiger partial charge in [-0.2, -0.15) is 5.26 Å². The summed E-state index contributed by atoms with van der Waals surface area (Å²) in [5, 5.41) is 16.5. The van der Waals surface area contributed by atoms with Crippen LogP contribution in [0.25, 0.3) is 10.8 Å². The van der Waals surface area contributed by atoms with E-state index in [1.165, 1.54) is 0 Å². The Morgan fingerprint density at radius 1 is 0.967 bits per heavy atom. The number of nitrogens with zero attached hydrogens (tertiary/aromatic N) is 1. The van der Waals surface area contributed by atoms with E-state index in [-0.39, 0.29) is 31.3 Å². The molecule has 0 bridgehead atoms. The monoisotopic (exact) mass is 419 g/mol. The number of amides is 2. The van der Waals surface area contributed by atoms with E-state index in [0.717, 1.165) is 21.9 Å². The number of fused-ring (bicyclic) bond motifs is 1. The fourth-order valence-corrected chi connectivity index (χ4v) is 3.41. The van der Waals surface area contributed by atoms with Crippen molar-refractivity contribution in [3.63, 3.8) is 0 Å². The smallest absolute Gasteiger partial charge is 0.251 e. The van der Waals surface area contributed by atoms with Crippen LogP contribution in [-0.2, 0) is 10.7 Å². The van der Waals surface area contributed by atoms with Crippen molar-refractivity contribution in [1.82, 2.24) is 10.6 Å². The molecule has 1 unspecified atom stereocenters. The molecule has 0 saturated heterocycles. The topological polar surface area (TPSA) is 82.0 Å². The van der Waals surface area contributed by atoms with E-state index in [1.54, 1.807) is 18.2 Å². The molecule has 152 valence electrons. The molecule has 3 rings (SSSR count). The fourth-order valence-electron chi connectivity index (χ4n) is 3.24. The minimum atomic E-state index is -0.576. The van der Waals surface area contributed by atoms with E-state index in [1.807, 2.05) is 54.6 Å². The molecule has 0 aliphatic heterocycles. The molecule has 30 heavy (non-hydrogen) atoms. The number of alkyl halides is 1. The molecule has 3 aromatic carbocycles. The zero-order valence-corrected chi connectivity index (χ0v) is 17.2. The van der Waals surface area contributed by atoms with Crippen molar-refractivity contribution in [3.8, 4) is 6.07 Å². The molecule has 0 aliphatic rings. The summed E-state index contributed by atoms with van der Waals surface area (Å²) in [6.45, 7) is 0.409. The minimum Gasteiger partial charge on any atom is -0.354 e. The Hall–Kier alpha value is -3.36. The average molecular weight is 420 g/mol. The van der Waals surface area contributed by atoms with Crippen LogP contribution in [0.4, 0.5) is 0 Å². The molecule has 5 nitrogen and oxygen atoms in total. The molecule has 0 saturated carbocycles. The van der Waals surface area contributed by atoms with Crippen LogP contribution >= 0.6 is 11.6 Å². The largest absolute Gasteiger partial charge is 0.354 e. The van der Waals surface area contributed by atoms with Crippen LogP contribution in [0.1, 0.15) is 33.8 Å². The SMILES string of the molecule is N#CCCNC(=O)C(CNC(=O)c1cccc(CCl)c1)c1ccc2ccccc2c1. The molecular weight excluding hydrogens is 398 g/mol. The van der Waals surface area contributed by atoms with Gasteiger partial charge in [0.05, 0.1) is 18.4 Å². The third-order valence-corrected chi connectivity index (χ3v) is 5.15. The second-order valence-electron chi connectivity index (χ2n) is 6.90. The summed E-state index contributed by atoms with van der Waals surface area (Å²) in [6, 6.07) is 22.8. The number of benzene rings is 3. The summed E-state index contributed by atoms with van der Waals surface area (Å²) < 4.78 is 0. The number of carbonyl (C=O) groups excluding carboxylic acids is 2. The minimum absolute atomic E-state index is 0.140. The van der Waals surface area contributed by atoms with E-state index >= 15 is 0 Å². The lowest BCUT2D eigenvalue weighted by molar-refractivity contribution is -0.122. The number of nitrogens with one attached hydrogen (secondary N) is 2. The molecule has 0 aromatic heterocycles. The number of nitriles is 1. The molecule has 0 spiro atoms. The van der Waals surface area contributed by atoms with Crippen molar-refractivity contribution < 1.29 is 9.59 Å². The van der Waals surface area contributed by atoms with E-state index in [4.69, 9.17) is 16.9 Å². The van der Waals surface area contributed by atoms with Gasteiger partial charge in [0.2, 0.25) is 5.91 Å². The van der Waals surface area contributed by atoms with Gasteiger partial charge in [-0.15, -0.1) is 11.6 Å². The second-order valence-corrected chi connectivity index (χ2v) is 7.17. The van der Waals surface area contributed by atoms with Crippen molar-refractivity contribution >= 4 is 34.2 Å². The molecule has 1 atom stereocenters. The maximum atomic E-state index is 12.8.